The van der Waals surface area contributed by atoms with E-state index in [0.29, 0.717) is 17.1 Å². The van der Waals surface area contributed by atoms with Crippen LogP contribution in [0.4, 0.5) is 21.7 Å². The van der Waals surface area contributed by atoms with E-state index in [-0.39, 0.29) is 23.4 Å². The van der Waals surface area contributed by atoms with Crippen LogP contribution in [0.2, 0.25) is 0 Å². The van der Waals surface area contributed by atoms with E-state index in [4.69, 9.17) is 4.74 Å². The average molecular weight is 338 g/mol. The molecule has 0 fully saturated rings. The number of nitrogens with one attached hydrogen (secondary N) is 2. The lowest BCUT2D eigenvalue weighted by atomic mass is 10.3. The summed E-state index contributed by atoms with van der Waals surface area (Å²) < 4.78 is 18.1. The molecule has 0 saturated carbocycles. The Morgan fingerprint density at radius 2 is 1.88 bits per heavy atom. The zero-order valence-electron chi connectivity index (χ0n) is 13.4. The van der Waals surface area contributed by atoms with Crippen LogP contribution in [-0.2, 0) is 0 Å². The molecule has 0 aliphatic rings. The van der Waals surface area contributed by atoms with E-state index in [1.807, 2.05) is 0 Å². The third-order valence-corrected chi connectivity index (χ3v) is 3.32. The van der Waals surface area contributed by atoms with E-state index in [0.717, 1.165) is 0 Å². The first-order valence-corrected chi connectivity index (χ1v) is 7.45. The van der Waals surface area contributed by atoms with Gasteiger partial charge in [0.2, 0.25) is 5.95 Å². The number of hydrogen-bond acceptors (Lipinski definition) is 5. The maximum absolute atomic E-state index is 12.9. The second-order valence-corrected chi connectivity index (χ2v) is 5.08. The lowest BCUT2D eigenvalue weighted by molar-refractivity contribution is 0.102. The summed E-state index contributed by atoms with van der Waals surface area (Å²) in [5.41, 5.74) is 1.41. The first-order valence-electron chi connectivity index (χ1n) is 7.45. The molecule has 7 heteroatoms. The van der Waals surface area contributed by atoms with Crippen LogP contribution in [0.1, 0.15) is 10.5 Å². The van der Waals surface area contributed by atoms with Crippen molar-refractivity contribution in [2.75, 3.05) is 17.7 Å². The number of amides is 1. The number of methoxy groups -OCH3 is 1. The van der Waals surface area contributed by atoms with E-state index in [2.05, 4.69) is 20.6 Å². The third-order valence-electron chi connectivity index (χ3n) is 3.32. The van der Waals surface area contributed by atoms with E-state index in [9.17, 15) is 9.18 Å². The van der Waals surface area contributed by atoms with Crippen molar-refractivity contribution in [3.05, 3.63) is 72.3 Å². The molecule has 3 aromatic rings. The Morgan fingerprint density at radius 3 is 2.64 bits per heavy atom. The molecular weight excluding hydrogens is 323 g/mol. The van der Waals surface area contributed by atoms with Gasteiger partial charge >= 0.3 is 0 Å². The van der Waals surface area contributed by atoms with Gasteiger partial charge in [0.15, 0.2) is 0 Å². The normalized spacial score (nSPS) is 10.2. The number of rotatable bonds is 5. The van der Waals surface area contributed by atoms with Gasteiger partial charge in [0.05, 0.1) is 7.11 Å². The predicted octanol–water partition coefficient (Wildman–Crippen LogP) is 3.62. The zero-order chi connectivity index (χ0) is 17.6. The van der Waals surface area contributed by atoms with Crippen LogP contribution in [0.3, 0.4) is 0 Å². The van der Waals surface area contributed by atoms with Crippen LogP contribution >= 0.6 is 0 Å². The van der Waals surface area contributed by atoms with Crippen molar-refractivity contribution in [1.29, 1.82) is 0 Å². The highest BCUT2D eigenvalue weighted by atomic mass is 19.1. The van der Waals surface area contributed by atoms with Gasteiger partial charge in [-0.25, -0.2) is 14.4 Å². The molecule has 2 N–H and O–H groups in total. The van der Waals surface area contributed by atoms with E-state index in [1.54, 1.807) is 43.5 Å². The lowest BCUT2D eigenvalue weighted by Crippen LogP contribution is -2.14. The highest BCUT2D eigenvalue weighted by Gasteiger charge is 2.10. The number of benzene rings is 2. The fourth-order valence-electron chi connectivity index (χ4n) is 2.10. The van der Waals surface area contributed by atoms with E-state index in [1.165, 1.54) is 24.4 Å². The second-order valence-electron chi connectivity index (χ2n) is 5.08. The van der Waals surface area contributed by atoms with Gasteiger partial charge < -0.3 is 15.4 Å². The molecule has 0 saturated heterocycles. The Balaban J connectivity index is 1.73. The summed E-state index contributed by atoms with van der Waals surface area (Å²) in [7, 11) is 1.55. The number of anilines is 3. The Morgan fingerprint density at radius 1 is 1.08 bits per heavy atom. The van der Waals surface area contributed by atoms with Gasteiger partial charge in [-0.15, -0.1) is 0 Å². The molecule has 0 unspecified atom stereocenters. The van der Waals surface area contributed by atoms with Crippen LogP contribution in [0.5, 0.6) is 5.75 Å². The van der Waals surface area contributed by atoms with Gasteiger partial charge in [-0.05, 0) is 42.5 Å². The molecule has 1 heterocycles. The first-order chi connectivity index (χ1) is 12.1. The second kappa shape index (κ2) is 7.39. The topological polar surface area (TPSA) is 76.1 Å². The fourth-order valence-corrected chi connectivity index (χ4v) is 2.10. The quantitative estimate of drug-likeness (QED) is 0.743. The van der Waals surface area contributed by atoms with Crippen molar-refractivity contribution >= 4 is 23.2 Å². The number of aromatic nitrogens is 2. The Labute approximate surface area is 143 Å². The molecule has 3 rings (SSSR count). The molecule has 2 aromatic carbocycles. The van der Waals surface area contributed by atoms with Gasteiger partial charge in [0.25, 0.3) is 5.91 Å². The lowest BCUT2D eigenvalue weighted by Gasteiger charge is -2.08. The van der Waals surface area contributed by atoms with Crippen molar-refractivity contribution in [2.45, 2.75) is 0 Å². The highest BCUT2D eigenvalue weighted by Crippen LogP contribution is 2.18. The molecule has 1 aromatic heterocycles. The van der Waals surface area contributed by atoms with Crippen LogP contribution in [0.25, 0.3) is 0 Å². The minimum Gasteiger partial charge on any atom is -0.497 e. The monoisotopic (exact) mass is 338 g/mol. The number of hydrogen-bond donors (Lipinski definition) is 2. The summed E-state index contributed by atoms with van der Waals surface area (Å²) in [4.78, 5) is 20.6. The molecule has 0 aliphatic heterocycles. The van der Waals surface area contributed by atoms with Crippen LogP contribution in [-0.4, -0.2) is 23.0 Å². The summed E-state index contributed by atoms with van der Waals surface area (Å²) in [5.74, 6) is 0.166. The first kappa shape index (κ1) is 16.4. The fraction of sp³-hybridized carbons (Fsp3) is 0.0556. The Bertz CT molecular complexity index is 884. The number of ether oxygens (including phenoxy) is 1. The largest absolute Gasteiger partial charge is 0.497 e. The molecule has 0 radical (unpaired) electrons. The van der Waals surface area contributed by atoms with E-state index >= 15 is 0 Å². The number of carbonyl (C=O) groups is 1. The summed E-state index contributed by atoms with van der Waals surface area (Å²) in [6, 6.07) is 14.3. The Hall–Kier alpha value is -3.48. The minimum atomic E-state index is -0.377. The van der Waals surface area contributed by atoms with Crippen LogP contribution in [0, 0.1) is 5.82 Å². The smallest absolute Gasteiger partial charge is 0.274 e. The van der Waals surface area contributed by atoms with Gasteiger partial charge in [-0.1, -0.05) is 6.07 Å². The van der Waals surface area contributed by atoms with Crippen molar-refractivity contribution < 1.29 is 13.9 Å². The molecule has 0 atom stereocenters. The third kappa shape index (κ3) is 4.29. The van der Waals surface area contributed by atoms with Crippen molar-refractivity contribution in [3.8, 4) is 5.75 Å². The summed E-state index contributed by atoms with van der Waals surface area (Å²) >= 11 is 0. The number of nitrogens with zero attached hydrogens (tertiary/aromatic N) is 2. The zero-order valence-corrected chi connectivity index (χ0v) is 13.4. The molecule has 0 spiro atoms. The summed E-state index contributed by atoms with van der Waals surface area (Å²) in [6.45, 7) is 0. The molecule has 1 amide bonds. The standard InChI is InChI=1S/C18H15FN4O2/c1-25-15-4-2-3-14(11-15)21-17(24)16-9-10-20-18(23-16)22-13-7-5-12(19)6-8-13/h2-11H,1H3,(H,21,24)(H,20,22,23). The molecule has 0 bridgehead atoms. The Kier molecular flexibility index (Phi) is 4.84. The highest BCUT2D eigenvalue weighted by molar-refractivity contribution is 6.03. The SMILES string of the molecule is COc1cccc(NC(=O)c2ccnc(Nc3ccc(F)cc3)n2)c1. The molecule has 126 valence electrons. The van der Waals surface area contributed by atoms with Gasteiger partial charge in [-0.2, -0.15) is 0 Å². The predicted molar refractivity (Wildman–Crippen MR) is 92.7 cm³/mol. The van der Waals surface area contributed by atoms with Crippen molar-refractivity contribution in [3.63, 3.8) is 0 Å². The molecule has 6 nitrogen and oxygen atoms in total. The van der Waals surface area contributed by atoms with Gasteiger partial charge in [-0.3, -0.25) is 4.79 Å². The maximum atomic E-state index is 12.9. The van der Waals surface area contributed by atoms with Crippen LogP contribution in [0.15, 0.2) is 60.8 Å². The molecule has 25 heavy (non-hydrogen) atoms. The van der Waals surface area contributed by atoms with Gasteiger partial charge in [0, 0.05) is 23.6 Å². The maximum Gasteiger partial charge on any atom is 0.274 e. The molecular formula is C18H15FN4O2. The number of carbonyl (C=O) groups excluding carboxylic acids is 1. The molecule has 0 aliphatic carbocycles. The van der Waals surface area contributed by atoms with Gasteiger partial charge in [0.1, 0.15) is 17.3 Å². The van der Waals surface area contributed by atoms with E-state index < -0.39 is 0 Å². The van der Waals surface area contributed by atoms with Crippen molar-refractivity contribution in [2.24, 2.45) is 0 Å². The minimum absolute atomic E-state index is 0.197. The van der Waals surface area contributed by atoms with Crippen LogP contribution < -0.4 is 15.4 Å². The summed E-state index contributed by atoms with van der Waals surface area (Å²) in [5, 5.41) is 5.66. The number of halogens is 1. The van der Waals surface area contributed by atoms with Crippen molar-refractivity contribution in [1.82, 2.24) is 9.97 Å². The average Bonchev–Trinajstić information content (AvgIpc) is 2.64. The summed E-state index contributed by atoms with van der Waals surface area (Å²) in [6.07, 6.45) is 1.47.